The molecule has 0 saturated carbocycles. The Kier molecular flexibility index (Phi) is 35.9. The maximum Gasteiger partial charge on any atom is 0.469 e. The second kappa shape index (κ2) is 37.5. The summed E-state index contributed by atoms with van der Waals surface area (Å²) in [6.45, 7) is 3.59. The van der Waals surface area contributed by atoms with Crippen LogP contribution in [0.15, 0.2) is 60.8 Å². The minimum atomic E-state index is -4.77. The van der Waals surface area contributed by atoms with E-state index < -0.39 is 32.5 Å². The number of rotatable bonds is 36. The molecule has 9 heteroatoms. The average Bonchev–Trinajstić information content (AvgIpc) is 3.10. The van der Waals surface area contributed by atoms with E-state index in [0.29, 0.717) is 12.8 Å². The van der Waals surface area contributed by atoms with Crippen LogP contribution in [0.3, 0.4) is 0 Å². The van der Waals surface area contributed by atoms with Crippen molar-refractivity contribution in [2.45, 2.75) is 180 Å². The van der Waals surface area contributed by atoms with Crippen LogP contribution in [0.2, 0.25) is 0 Å². The molecule has 0 heterocycles. The van der Waals surface area contributed by atoms with E-state index in [1.54, 1.807) is 0 Å². The Hall–Kier alpha value is -2.25. The molecule has 294 valence electrons. The number of phosphoric ester groups is 1. The first-order valence-electron chi connectivity index (χ1n) is 20.1. The van der Waals surface area contributed by atoms with Crippen LogP contribution >= 0.6 is 7.82 Å². The zero-order valence-corrected chi connectivity index (χ0v) is 33.1. The highest BCUT2D eigenvalue weighted by molar-refractivity contribution is 7.46. The Morgan fingerprint density at radius 1 is 0.510 bits per heavy atom. The lowest BCUT2D eigenvalue weighted by atomic mass is 10.1. The average molecular weight is 737 g/mol. The summed E-state index contributed by atoms with van der Waals surface area (Å²) >= 11 is 0. The van der Waals surface area contributed by atoms with Gasteiger partial charge in [-0.25, -0.2) is 4.57 Å². The highest BCUT2D eigenvalue weighted by Gasteiger charge is 2.22. The zero-order valence-electron chi connectivity index (χ0n) is 32.2. The van der Waals surface area contributed by atoms with Crippen molar-refractivity contribution in [3.63, 3.8) is 0 Å². The van der Waals surface area contributed by atoms with Crippen LogP contribution < -0.4 is 0 Å². The standard InChI is InChI=1S/C42H73O8P/c1-3-5-7-9-11-13-15-17-18-19-20-21-22-23-24-25-27-28-30-32-34-36-41(43)48-38-40(39-49-51(45,46)47)50-42(44)37-35-33-31-29-26-16-14-12-10-8-6-4-2/h12,14,18-19,21-22,24-25,28,30,40H,3-11,13,15-17,20,23,26-27,29,31-39H2,1-2H3,(H2,45,46,47)/b14-12+,19-18+,22-21+,25-24+,30-28+/t40-/m1/s1. The van der Waals surface area contributed by atoms with Gasteiger partial charge in [-0.05, 0) is 77.0 Å². The molecule has 0 radical (unpaired) electrons. The van der Waals surface area contributed by atoms with Crippen molar-refractivity contribution in [2.75, 3.05) is 13.2 Å². The largest absolute Gasteiger partial charge is 0.469 e. The number of phosphoric acid groups is 1. The predicted octanol–water partition coefficient (Wildman–Crippen LogP) is 12.1. The first kappa shape index (κ1) is 48.8. The number of ether oxygens (including phenoxy) is 2. The molecule has 51 heavy (non-hydrogen) atoms. The molecule has 0 bridgehead atoms. The van der Waals surface area contributed by atoms with E-state index in [4.69, 9.17) is 19.3 Å². The lowest BCUT2D eigenvalue weighted by molar-refractivity contribution is -0.161. The minimum Gasteiger partial charge on any atom is -0.462 e. The molecule has 0 aromatic heterocycles. The summed E-state index contributed by atoms with van der Waals surface area (Å²) in [7, 11) is -4.77. The van der Waals surface area contributed by atoms with Crippen molar-refractivity contribution in [1.82, 2.24) is 0 Å². The molecule has 2 N–H and O–H groups in total. The number of hydrogen-bond donors (Lipinski definition) is 2. The van der Waals surface area contributed by atoms with E-state index in [1.165, 1.54) is 70.6 Å². The molecule has 8 nitrogen and oxygen atoms in total. The SMILES string of the molecule is CCCCC/C=C/CCCCCCCC(=O)O[C@H](COC(=O)CCC/C=C/C/C=C/C/C=C/C/C=C/CCCCCCCCC)COP(=O)(O)O. The Balaban J connectivity index is 4.04. The topological polar surface area (TPSA) is 119 Å². The third-order valence-corrected chi connectivity index (χ3v) is 8.74. The van der Waals surface area contributed by atoms with E-state index in [-0.39, 0.29) is 19.4 Å². The van der Waals surface area contributed by atoms with Crippen LogP contribution in [-0.2, 0) is 28.2 Å². The van der Waals surface area contributed by atoms with E-state index in [9.17, 15) is 14.2 Å². The second-order valence-electron chi connectivity index (χ2n) is 13.2. The summed E-state index contributed by atoms with van der Waals surface area (Å²) in [5.41, 5.74) is 0. The fraction of sp³-hybridized carbons (Fsp3) is 0.714. The van der Waals surface area contributed by atoms with Gasteiger partial charge < -0.3 is 19.3 Å². The van der Waals surface area contributed by atoms with Crippen LogP contribution in [0, 0.1) is 0 Å². The van der Waals surface area contributed by atoms with Gasteiger partial charge in [0.25, 0.3) is 0 Å². The molecule has 0 aliphatic rings. The van der Waals surface area contributed by atoms with Crippen LogP contribution in [-0.4, -0.2) is 41.0 Å². The fourth-order valence-electron chi connectivity index (χ4n) is 5.24. The van der Waals surface area contributed by atoms with Gasteiger partial charge in [0, 0.05) is 12.8 Å². The molecule has 0 aromatic carbocycles. The number of allylic oxidation sites excluding steroid dienone is 10. The Labute approximate surface area is 311 Å². The molecule has 0 fully saturated rings. The number of hydrogen-bond acceptors (Lipinski definition) is 6. The van der Waals surface area contributed by atoms with Gasteiger partial charge in [-0.3, -0.25) is 14.1 Å². The fourth-order valence-corrected chi connectivity index (χ4v) is 5.60. The van der Waals surface area contributed by atoms with Crippen molar-refractivity contribution in [3.8, 4) is 0 Å². The summed E-state index contributed by atoms with van der Waals surface area (Å²) in [6.07, 6.45) is 46.7. The monoisotopic (exact) mass is 737 g/mol. The van der Waals surface area contributed by atoms with Gasteiger partial charge in [0.1, 0.15) is 6.61 Å². The lowest BCUT2D eigenvalue weighted by Gasteiger charge is -2.18. The molecule has 0 aromatic rings. The van der Waals surface area contributed by atoms with Crippen LogP contribution in [0.1, 0.15) is 174 Å². The van der Waals surface area contributed by atoms with E-state index in [1.807, 2.05) is 6.08 Å². The van der Waals surface area contributed by atoms with Crippen LogP contribution in [0.4, 0.5) is 0 Å². The molecular weight excluding hydrogens is 663 g/mol. The molecule has 0 aliphatic carbocycles. The maximum absolute atomic E-state index is 12.3. The Morgan fingerprint density at radius 2 is 0.902 bits per heavy atom. The van der Waals surface area contributed by atoms with Gasteiger partial charge in [0.15, 0.2) is 6.10 Å². The Bertz CT molecular complexity index is 1010. The maximum atomic E-state index is 12.3. The van der Waals surface area contributed by atoms with Gasteiger partial charge in [-0.2, -0.15) is 0 Å². The lowest BCUT2D eigenvalue weighted by Crippen LogP contribution is -2.29. The van der Waals surface area contributed by atoms with E-state index in [0.717, 1.165) is 64.2 Å². The molecule has 0 aliphatic heterocycles. The number of carbonyl (C=O) groups excluding carboxylic acids is 2. The van der Waals surface area contributed by atoms with Crippen molar-refractivity contribution in [3.05, 3.63) is 60.8 Å². The molecule has 0 rings (SSSR count). The van der Waals surface area contributed by atoms with Crippen molar-refractivity contribution >= 4 is 19.8 Å². The first-order chi connectivity index (χ1) is 24.8. The van der Waals surface area contributed by atoms with Crippen LogP contribution in [0.25, 0.3) is 0 Å². The van der Waals surface area contributed by atoms with Gasteiger partial charge in [0.05, 0.1) is 6.61 Å². The summed E-state index contributed by atoms with van der Waals surface area (Å²) in [6, 6.07) is 0. The molecule has 0 unspecified atom stereocenters. The van der Waals surface area contributed by atoms with Crippen molar-refractivity contribution in [2.24, 2.45) is 0 Å². The van der Waals surface area contributed by atoms with E-state index in [2.05, 4.69) is 73.1 Å². The van der Waals surface area contributed by atoms with Crippen molar-refractivity contribution < 1.29 is 37.9 Å². The summed E-state index contributed by atoms with van der Waals surface area (Å²) < 4.78 is 26.3. The Morgan fingerprint density at radius 3 is 1.43 bits per heavy atom. The molecular formula is C42H73O8P. The number of unbranched alkanes of at least 4 members (excludes halogenated alkanes) is 16. The summed E-state index contributed by atoms with van der Waals surface area (Å²) in [4.78, 5) is 42.7. The number of esters is 2. The van der Waals surface area contributed by atoms with Crippen molar-refractivity contribution in [1.29, 1.82) is 0 Å². The van der Waals surface area contributed by atoms with Gasteiger partial charge in [-0.15, -0.1) is 0 Å². The zero-order chi connectivity index (χ0) is 37.5. The minimum absolute atomic E-state index is 0.187. The smallest absolute Gasteiger partial charge is 0.462 e. The molecule has 0 amide bonds. The molecule has 1 atom stereocenters. The highest BCUT2D eigenvalue weighted by Crippen LogP contribution is 2.36. The highest BCUT2D eigenvalue weighted by atomic mass is 31.2. The van der Waals surface area contributed by atoms with Gasteiger partial charge in [-0.1, -0.05) is 145 Å². The summed E-state index contributed by atoms with van der Waals surface area (Å²) in [5, 5.41) is 0. The van der Waals surface area contributed by atoms with Crippen LogP contribution in [0.5, 0.6) is 0 Å². The normalized spacial score (nSPS) is 13.1. The number of carbonyl (C=O) groups is 2. The molecule has 0 spiro atoms. The van der Waals surface area contributed by atoms with Gasteiger partial charge in [0.2, 0.25) is 0 Å². The summed E-state index contributed by atoms with van der Waals surface area (Å²) in [5.74, 6) is -0.965. The third kappa shape index (κ3) is 40.4. The first-order valence-corrected chi connectivity index (χ1v) is 21.6. The predicted molar refractivity (Wildman–Crippen MR) is 211 cm³/mol. The molecule has 0 saturated heterocycles. The quantitative estimate of drug-likeness (QED) is 0.0282. The van der Waals surface area contributed by atoms with Gasteiger partial charge >= 0.3 is 19.8 Å². The second-order valence-corrected chi connectivity index (χ2v) is 14.5. The van der Waals surface area contributed by atoms with E-state index >= 15 is 0 Å². The third-order valence-electron chi connectivity index (χ3n) is 8.26.